The first-order valence-electron chi connectivity index (χ1n) is 9.19. The molecule has 3 nitrogen and oxygen atoms in total. The highest BCUT2D eigenvalue weighted by Gasteiger charge is 2.47. The summed E-state index contributed by atoms with van der Waals surface area (Å²) in [5.74, 6) is -0.316. The van der Waals surface area contributed by atoms with Crippen LogP contribution in [0, 0.1) is 18.7 Å². The Morgan fingerprint density at radius 2 is 1.70 bits per heavy atom. The van der Waals surface area contributed by atoms with Crippen LogP contribution in [0.25, 0.3) is 0 Å². The minimum absolute atomic E-state index is 0.0250. The fraction of sp³-hybridized carbons (Fsp3) is 0.381. The van der Waals surface area contributed by atoms with E-state index in [1.165, 1.54) is 11.6 Å². The molecule has 2 fully saturated rings. The summed E-state index contributed by atoms with van der Waals surface area (Å²) in [5.41, 5.74) is 2.91. The number of rotatable bonds is 3. The molecule has 2 aromatic rings. The molecule has 4 rings (SSSR count). The predicted molar refractivity (Wildman–Crippen MR) is 107 cm³/mol. The number of carbonyl (C=O) groups excluding carboxylic acids is 1. The highest BCUT2D eigenvalue weighted by atomic mass is 35.5. The summed E-state index contributed by atoms with van der Waals surface area (Å²) in [6.07, 6.45) is 0.713. The zero-order valence-corrected chi connectivity index (χ0v) is 16.6. The number of anilines is 1. The fourth-order valence-electron chi connectivity index (χ4n) is 3.94. The van der Waals surface area contributed by atoms with Crippen LogP contribution in [0.15, 0.2) is 36.4 Å². The van der Waals surface area contributed by atoms with Gasteiger partial charge in [0.2, 0.25) is 5.91 Å². The van der Waals surface area contributed by atoms with Crippen LogP contribution in [-0.2, 0) is 4.79 Å². The van der Waals surface area contributed by atoms with E-state index in [9.17, 15) is 9.18 Å². The summed E-state index contributed by atoms with van der Waals surface area (Å²) in [6, 6.07) is 10.6. The number of carbonyl (C=O) groups is 1. The van der Waals surface area contributed by atoms with E-state index in [0.717, 1.165) is 23.8 Å². The number of hydrogen-bond acceptors (Lipinski definition) is 2. The second kappa shape index (κ2) is 7.33. The summed E-state index contributed by atoms with van der Waals surface area (Å²) < 4.78 is 14.1. The first-order valence-corrected chi connectivity index (χ1v) is 9.94. The van der Waals surface area contributed by atoms with E-state index in [2.05, 4.69) is 11.8 Å². The molecule has 1 saturated carbocycles. The number of aryl methyl sites for hydroxylation is 1. The van der Waals surface area contributed by atoms with Crippen molar-refractivity contribution in [1.82, 2.24) is 4.90 Å². The van der Waals surface area contributed by atoms with Gasteiger partial charge in [-0.2, -0.15) is 0 Å². The SMILES string of the molecule is Cc1ccc(Cl)cc1N1CCN(C(=O)C2C[C@@H]2c2ccc(Cl)cc2F)CC1. The van der Waals surface area contributed by atoms with E-state index < -0.39 is 0 Å². The number of benzene rings is 2. The van der Waals surface area contributed by atoms with Gasteiger partial charge in [0.15, 0.2) is 0 Å². The lowest BCUT2D eigenvalue weighted by Crippen LogP contribution is -2.49. The topological polar surface area (TPSA) is 23.6 Å². The molecule has 1 unspecified atom stereocenters. The van der Waals surface area contributed by atoms with Crippen LogP contribution in [0.3, 0.4) is 0 Å². The largest absolute Gasteiger partial charge is 0.368 e. The molecule has 6 heteroatoms. The van der Waals surface area contributed by atoms with Crippen molar-refractivity contribution in [2.24, 2.45) is 5.92 Å². The summed E-state index contributed by atoms with van der Waals surface area (Å²) in [7, 11) is 0. The summed E-state index contributed by atoms with van der Waals surface area (Å²) in [5, 5.41) is 1.10. The van der Waals surface area contributed by atoms with Gasteiger partial charge in [-0.25, -0.2) is 4.39 Å². The first-order chi connectivity index (χ1) is 12.9. The molecule has 0 aromatic heterocycles. The highest BCUT2D eigenvalue weighted by molar-refractivity contribution is 6.31. The Morgan fingerprint density at radius 3 is 2.41 bits per heavy atom. The molecule has 1 aliphatic heterocycles. The standard InChI is InChI=1S/C21H21Cl2FN2O/c1-13-2-3-15(23)11-20(13)25-6-8-26(9-7-25)21(27)18-12-17(18)16-5-4-14(22)10-19(16)24/h2-5,10-11,17-18H,6-9,12H2,1H3/t17-,18?/m1/s1. The summed E-state index contributed by atoms with van der Waals surface area (Å²) in [6.45, 7) is 4.98. The van der Waals surface area contributed by atoms with Crippen LogP contribution in [0.4, 0.5) is 10.1 Å². The van der Waals surface area contributed by atoms with Crippen LogP contribution in [0.5, 0.6) is 0 Å². The average Bonchev–Trinajstić information content (AvgIpc) is 3.44. The minimum Gasteiger partial charge on any atom is -0.368 e. The molecule has 0 radical (unpaired) electrons. The molecule has 0 spiro atoms. The van der Waals surface area contributed by atoms with Crippen LogP contribution < -0.4 is 4.90 Å². The monoisotopic (exact) mass is 406 g/mol. The van der Waals surface area contributed by atoms with E-state index in [1.54, 1.807) is 12.1 Å². The van der Waals surface area contributed by atoms with Crippen molar-refractivity contribution in [3.63, 3.8) is 0 Å². The third-order valence-corrected chi connectivity index (χ3v) is 6.04. The highest BCUT2D eigenvalue weighted by Crippen LogP contribution is 2.49. The Bertz CT molecular complexity index is 880. The molecule has 1 aliphatic carbocycles. The third kappa shape index (κ3) is 3.78. The molecule has 27 heavy (non-hydrogen) atoms. The van der Waals surface area contributed by atoms with E-state index in [1.807, 2.05) is 23.1 Å². The maximum Gasteiger partial charge on any atom is 0.226 e. The molecule has 1 heterocycles. The van der Waals surface area contributed by atoms with Gasteiger partial charge < -0.3 is 9.80 Å². The van der Waals surface area contributed by atoms with Gasteiger partial charge >= 0.3 is 0 Å². The van der Waals surface area contributed by atoms with Crippen LogP contribution in [-0.4, -0.2) is 37.0 Å². The number of hydrogen-bond donors (Lipinski definition) is 0. The number of amides is 1. The Hall–Kier alpha value is -1.78. The van der Waals surface area contributed by atoms with Crippen molar-refractivity contribution >= 4 is 34.8 Å². The van der Waals surface area contributed by atoms with Gasteiger partial charge in [-0.15, -0.1) is 0 Å². The predicted octanol–water partition coefficient (Wildman–Crippen LogP) is 4.89. The molecule has 1 amide bonds. The molecular formula is C21H21Cl2FN2O. The van der Waals surface area contributed by atoms with Gasteiger partial charge in [0.05, 0.1) is 0 Å². The second-order valence-electron chi connectivity index (χ2n) is 7.36. The van der Waals surface area contributed by atoms with Crippen molar-refractivity contribution in [3.05, 3.63) is 63.4 Å². The van der Waals surface area contributed by atoms with Crippen molar-refractivity contribution in [2.75, 3.05) is 31.1 Å². The lowest BCUT2D eigenvalue weighted by molar-refractivity contribution is -0.132. The van der Waals surface area contributed by atoms with Gasteiger partial charge in [-0.3, -0.25) is 4.79 Å². The molecule has 2 aliphatic rings. The first kappa shape index (κ1) is 18.6. The quantitative estimate of drug-likeness (QED) is 0.723. The molecular weight excluding hydrogens is 386 g/mol. The van der Waals surface area contributed by atoms with Gasteiger partial charge in [0, 0.05) is 47.8 Å². The van der Waals surface area contributed by atoms with Gasteiger partial charge in [0.25, 0.3) is 0 Å². The molecule has 1 saturated heterocycles. The van der Waals surface area contributed by atoms with Crippen molar-refractivity contribution in [3.8, 4) is 0 Å². The van der Waals surface area contributed by atoms with Gasteiger partial charge in [-0.05, 0) is 54.7 Å². The smallest absolute Gasteiger partial charge is 0.226 e. The lowest BCUT2D eigenvalue weighted by Gasteiger charge is -2.37. The Morgan fingerprint density at radius 1 is 1.04 bits per heavy atom. The van der Waals surface area contributed by atoms with Crippen LogP contribution in [0.2, 0.25) is 10.0 Å². The van der Waals surface area contributed by atoms with E-state index in [-0.39, 0.29) is 23.6 Å². The molecule has 2 atom stereocenters. The zero-order chi connectivity index (χ0) is 19.1. The molecule has 142 valence electrons. The van der Waals surface area contributed by atoms with E-state index in [0.29, 0.717) is 30.1 Å². The van der Waals surface area contributed by atoms with E-state index >= 15 is 0 Å². The molecule has 0 bridgehead atoms. The summed E-state index contributed by atoms with van der Waals surface area (Å²) in [4.78, 5) is 17.0. The van der Waals surface area contributed by atoms with Crippen LogP contribution in [0.1, 0.15) is 23.5 Å². The Labute approximate surface area is 168 Å². The van der Waals surface area contributed by atoms with Gasteiger partial charge in [-0.1, -0.05) is 35.3 Å². The van der Waals surface area contributed by atoms with Crippen molar-refractivity contribution in [2.45, 2.75) is 19.3 Å². The molecule has 0 N–H and O–H groups in total. The van der Waals surface area contributed by atoms with Crippen LogP contribution >= 0.6 is 23.2 Å². The number of nitrogens with zero attached hydrogens (tertiary/aromatic N) is 2. The maximum absolute atomic E-state index is 14.1. The fourth-order valence-corrected chi connectivity index (χ4v) is 4.26. The average molecular weight is 407 g/mol. The van der Waals surface area contributed by atoms with Crippen molar-refractivity contribution in [1.29, 1.82) is 0 Å². The maximum atomic E-state index is 14.1. The van der Waals surface area contributed by atoms with Crippen molar-refractivity contribution < 1.29 is 9.18 Å². The minimum atomic E-state index is -0.316. The lowest BCUT2D eigenvalue weighted by atomic mass is 10.1. The zero-order valence-electron chi connectivity index (χ0n) is 15.1. The molecule has 2 aromatic carbocycles. The van der Waals surface area contributed by atoms with Gasteiger partial charge in [0.1, 0.15) is 5.82 Å². The second-order valence-corrected chi connectivity index (χ2v) is 8.23. The van der Waals surface area contributed by atoms with E-state index in [4.69, 9.17) is 23.2 Å². The normalized spacial score (nSPS) is 22.1. The third-order valence-electron chi connectivity index (χ3n) is 5.57. The number of halogens is 3. The Kier molecular flexibility index (Phi) is 5.04. The Balaban J connectivity index is 1.38. The summed E-state index contributed by atoms with van der Waals surface area (Å²) >= 11 is 12.0. The number of piperazine rings is 1.